The van der Waals surface area contributed by atoms with Crippen LogP contribution < -0.4 is 18.9 Å². The van der Waals surface area contributed by atoms with Crippen molar-refractivity contribution in [2.24, 2.45) is 0 Å². The van der Waals surface area contributed by atoms with Crippen molar-refractivity contribution in [2.45, 2.75) is 12.5 Å². The van der Waals surface area contributed by atoms with Gasteiger partial charge in [-0.05, 0) is 12.1 Å². The molecule has 2 aromatic carbocycles. The van der Waals surface area contributed by atoms with Gasteiger partial charge in [0.05, 0.1) is 14.2 Å². The minimum atomic E-state index is -0.821. The van der Waals surface area contributed by atoms with Gasteiger partial charge in [0.2, 0.25) is 0 Å². The molecule has 0 saturated carbocycles. The number of rotatable bonds is 4. The molecule has 2 atom stereocenters. The van der Waals surface area contributed by atoms with E-state index in [2.05, 4.69) is 0 Å². The standard InChI is InChI=1S/C20H20N2O7/c1-21-17(11-7-5-9-13(25-3)15(11)27-19(21)23)29-18-12-8-6-10-14(26-4)16(12)28-20(24)22(18)2/h5-10,17-18H,1-4H3. The van der Waals surface area contributed by atoms with Gasteiger partial charge in [0.1, 0.15) is 0 Å². The van der Waals surface area contributed by atoms with Crippen LogP contribution in [0.1, 0.15) is 23.6 Å². The molecule has 4 rings (SSSR count). The lowest BCUT2D eigenvalue weighted by Gasteiger charge is -2.40. The Kier molecular flexibility index (Phi) is 4.67. The van der Waals surface area contributed by atoms with Crippen molar-refractivity contribution in [1.82, 2.24) is 9.80 Å². The van der Waals surface area contributed by atoms with Crippen LogP contribution in [-0.4, -0.2) is 50.3 Å². The van der Waals surface area contributed by atoms with E-state index in [1.165, 1.54) is 24.0 Å². The van der Waals surface area contributed by atoms with E-state index in [0.717, 1.165) is 0 Å². The molecule has 0 spiro atoms. The van der Waals surface area contributed by atoms with E-state index < -0.39 is 24.6 Å². The van der Waals surface area contributed by atoms with E-state index in [9.17, 15) is 9.59 Å². The first kappa shape index (κ1) is 18.9. The van der Waals surface area contributed by atoms with Gasteiger partial charge in [-0.15, -0.1) is 0 Å². The van der Waals surface area contributed by atoms with Crippen LogP contribution >= 0.6 is 0 Å². The number of para-hydroxylation sites is 2. The molecule has 9 heteroatoms. The molecular formula is C20H20N2O7. The Morgan fingerprint density at radius 2 is 1.17 bits per heavy atom. The van der Waals surface area contributed by atoms with Crippen LogP contribution in [0.5, 0.6) is 23.0 Å². The lowest BCUT2D eigenvalue weighted by Crippen LogP contribution is -2.44. The second-order valence-electron chi connectivity index (χ2n) is 6.56. The maximum absolute atomic E-state index is 12.4. The van der Waals surface area contributed by atoms with Gasteiger partial charge in [0.25, 0.3) is 0 Å². The highest BCUT2D eigenvalue weighted by Gasteiger charge is 2.41. The van der Waals surface area contributed by atoms with Gasteiger partial charge in [0.15, 0.2) is 35.5 Å². The summed E-state index contributed by atoms with van der Waals surface area (Å²) in [6, 6.07) is 10.5. The van der Waals surface area contributed by atoms with Crippen LogP contribution in [0.15, 0.2) is 36.4 Å². The molecular weight excluding hydrogens is 380 g/mol. The highest BCUT2D eigenvalue weighted by atomic mass is 16.6. The average Bonchev–Trinajstić information content (AvgIpc) is 2.73. The summed E-state index contributed by atoms with van der Waals surface area (Å²) in [7, 11) is 6.10. The summed E-state index contributed by atoms with van der Waals surface area (Å²) in [5, 5.41) is 0. The molecule has 29 heavy (non-hydrogen) atoms. The quantitative estimate of drug-likeness (QED) is 0.778. The van der Waals surface area contributed by atoms with Crippen molar-refractivity contribution < 1.29 is 33.3 Å². The largest absolute Gasteiger partial charge is 0.493 e. The number of fused-ring (bicyclic) bond motifs is 2. The van der Waals surface area contributed by atoms with Gasteiger partial charge >= 0.3 is 12.2 Å². The smallest absolute Gasteiger partial charge is 0.417 e. The fourth-order valence-corrected chi connectivity index (χ4v) is 3.37. The van der Waals surface area contributed by atoms with Crippen LogP contribution in [0, 0.1) is 0 Å². The Balaban J connectivity index is 1.78. The molecule has 2 heterocycles. The van der Waals surface area contributed by atoms with Crippen LogP contribution in [-0.2, 0) is 4.74 Å². The molecule has 0 radical (unpaired) electrons. The first-order valence-corrected chi connectivity index (χ1v) is 8.84. The summed E-state index contributed by atoms with van der Waals surface area (Å²) in [5.41, 5.74) is 1.20. The van der Waals surface area contributed by atoms with Crippen molar-refractivity contribution in [3.8, 4) is 23.0 Å². The fourth-order valence-electron chi connectivity index (χ4n) is 3.37. The number of nitrogens with zero attached hydrogens (tertiary/aromatic N) is 2. The number of amides is 2. The van der Waals surface area contributed by atoms with E-state index in [4.69, 9.17) is 23.7 Å². The summed E-state index contributed by atoms with van der Waals surface area (Å²) >= 11 is 0. The molecule has 2 amide bonds. The molecule has 2 aliphatic heterocycles. The molecule has 0 N–H and O–H groups in total. The highest BCUT2D eigenvalue weighted by Crippen LogP contribution is 2.46. The van der Waals surface area contributed by atoms with Gasteiger partial charge < -0.3 is 23.7 Å². The molecule has 9 nitrogen and oxygen atoms in total. The van der Waals surface area contributed by atoms with Gasteiger partial charge in [-0.2, -0.15) is 0 Å². The summed E-state index contributed by atoms with van der Waals surface area (Å²) < 4.78 is 27.7. The minimum absolute atomic E-state index is 0.287. The molecule has 0 saturated heterocycles. The number of methoxy groups -OCH3 is 2. The number of hydrogen-bond donors (Lipinski definition) is 0. The highest BCUT2D eigenvalue weighted by molar-refractivity contribution is 5.76. The summed E-state index contributed by atoms with van der Waals surface area (Å²) in [6.07, 6.45) is -2.84. The zero-order valence-electron chi connectivity index (χ0n) is 16.4. The Morgan fingerprint density at radius 1 is 0.759 bits per heavy atom. The zero-order valence-corrected chi connectivity index (χ0v) is 16.4. The molecule has 152 valence electrons. The predicted octanol–water partition coefficient (Wildman–Crippen LogP) is 3.31. The molecule has 2 aromatic rings. The number of ether oxygens (including phenoxy) is 5. The zero-order chi connectivity index (χ0) is 20.7. The third kappa shape index (κ3) is 2.99. The van der Waals surface area contributed by atoms with E-state index >= 15 is 0 Å². The summed E-state index contributed by atoms with van der Waals surface area (Å²) in [6.45, 7) is 0. The second-order valence-corrected chi connectivity index (χ2v) is 6.56. The molecule has 2 aliphatic rings. The van der Waals surface area contributed by atoms with Gasteiger partial charge in [-0.1, -0.05) is 24.3 Å². The van der Waals surface area contributed by atoms with E-state index in [1.54, 1.807) is 50.5 Å². The van der Waals surface area contributed by atoms with Crippen molar-refractivity contribution in [2.75, 3.05) is 28.3 Å². The summed E-state index contributed by atoms with van der Waals surface area (Å²) in [5.74, 6) is 1.40. The number of benzene rings is 2. The Bertz CT molecular complexity index is 900. The lowest BCUT2D eigenvalue weighted by atomic mass is 10.1. The van der Waals surface area contributed by atoms with Crippen molar-refractivity contribution in [3.05, 3.63) is 47.5 Å². The maximum Gasteiger partial charge on any atom is 0.417 e. The molecule has 0 bridgehead atoms. The number of carbonyl (C=O) groups excluding carboxylic acids is 2. The number of hydrogen-bond acceptors (Lipinski definition) is 7. The first-order chi connectivity index (χ1) is 14.0. The van der Waals surface area contributed by atoms with E-state index in [-0.39, 0.29) is 11.5 Å². The van der Waals surface area contributed by atoms with Crippen LogP contribution in [0.2, 0.25) is 0 Å². The Labute approximate surface area is 167 Å². The van der Waals surface area contributed by atoms with Gasteiger partial charge in [0, 0.05) is 25.2 Å². The topological polar surface area (TPSA) is 86.8 Å². The van der Waals surface area contributed by atoms with Crippen LogP contribution in [0.4, 0.5) is 9.59 Å². The van der Waals surface area contributed by atoms with E-state index in [0.29, 0.717) is 22.6 Å². The fraction of sp³-hybridized carbons (Fsp3) is 0.300. The van der Waals surface area contributed by atoms with Crippen molar-refractivity contribution in [1.29, 1.82) is 0 Å². The normalized spacial score (nSPS) is 20.4. The molecule has 0 fully saturated rings. The number of carbonyl (C=O) groups is 2. The third-order valence-corrected chi connectivity index (χ3v) is 4.91. The lowest BCUT2D eigenvalue weighted by molar-refractivity contribution is -0.141. The molecule has 0 aromatic heterocycles. The predicted molar refractivity (Wildman–Crippen MR) is 100 cm³/mol. The van der Waals surface area contributed by atoms with Gasteiger partial charge in [-0.3, -0.25) is 9.80 Å². The first-order valence-electron chi connectivity index (χ1n) is 8.84. The monoisotopic (exact) mass is 400 g/mol. The van der Waals surface area contributed by atoms with Crippen molar-refractivity contribution >= 4 is 12.2 Å². The molecule has 0 aliphatic carbocycles. The maximum atomic E-state index is 12.4. The molecule has 2 unspecified atom stereocenters. The second kappa shape index (κ2) is 7.17. The Morgan fingerprint density at radius 3 is 1.55 bits per heavy atom. The third-order valence-electron chi connectivity index (χ3n) is 4.91. The Hall–Kier alpha value is -3.46. The van der Waals surface area contributed by atoms with Crippen molar-refractivity contribution in [3.63, 3.8) is 0 Å². The van der Waals surface area contributed by atoms with Crippen LogP contribution in [0.25, 0.3) is 0 Å². The van der Waals surface area contributed by atoms with E-state index in [1.807, 2.05) is 0 Å². The minimum Gasteiger partial charge on any atom is -0.493 e. The summed E-state index contributed by atoms with van der Waals surface area (Å²) in [4.78, 5) is 27.5. The van der Waals surface area contributed by atoms with Gasteiger partial charge in [-0.25, -0.2) is 9.59 Å². The average molecular weight is 400 g/mol. The SMILES string of the molecule is COc1cccc2c1OC(=O)N(C)C2OC1c2cccc(OC)c2OC(=O)N1C. The van der Waals surface area contributed by atoms with Crippen LogP contribution in [0.3, 0.4) is 0 Å².